The van der Waals surface area contributed by atoms with Gasteiger partial charge in [0.25, 0.3) is 0 Å². The minimum absolute atomic E-state index is 0.216. The quantitative estimate of drug-likeness (QED) is 0.299. The van der Waals surface area contributed by atoms with Crippen LogP contribution in [0.2, 0.25) is 0 Å². The summed E-state index contributed by atoms with van der Waals surface area (Å²) >= 11 is 0. The van der Waals surface area contributed by atoms with E-state index < -0.39 is 0 Å². The van der Waals surface area contributed by atoms with Crippen molar-refractivity contribution in [1.82, 2.24) is 0 Å². The Labute approximate surface area is 106 Å². The highest BCUT2D eigenvalue weighted by molar-refractivity contribution is 5.81. The molecule has 0 spiro atoms. The van der Waals surface area contributed by atoms with E-state index in [1.165, 1.54) is 51.4 Å². The van der Waals surface area contributed by atoms with Crippen molar-refractivity contribution in [2.45, 2.75) is 71.6 Å². The molecule has 0 aromatic carbocycles. The van der Waals surface area contributed by atoms with Gasteiger partial charge >= 0.3 is 5.97 Å². The third-order valence-electron chi connectivity index (χ3n) is 2.76. The lowest BCUT2D eigenvalue weighted by molar-refractivity contribution is -0.137. The standard InChI is InChI=1S/C15H28O2/c1-3-5-6-7-8-9-10-11-12-13-14-15(16)17-4-2/h13-14H,3-12H2,1-2H3/b14-13+. The largest absolute Gasteiger partial charge is 0.463 e. The van der Waals surface area contributed by atoms with Gasteiger partial charge in [-0.05, 0) is 19.8 Å². The molecule has 0 radical (unpaired) electrons. The molecular formula is C15H28O2. The Kier molecular flexibility index (Phi) is 12.7. The molecule has 0 rings (SSSR count). The summed E-state index contributed by atoms with van der Waals surface area (Å²) in [7, 11) is 0. The molecule has 0 saturated carbocycles. The number of unbranched alkanes of at least 4 members (excludes halogenated alkanes) is 8. The van der Waals surface area contributed by atoms with E-state index >= 15 is 0 Å². The highest BCUT2D eigenvalue weighted by Gasteiger charge is 1.93. The van der Waals surface area contributed by atoms with Gasteiger partial charge in [-0.25, -0.2) is 4.79 Å². The Balaban J connectivity index is 3.15. The van der Waals surface area contributed by atoms with Crippen LogP contribution in [0.25, 0.3) is 0 Å². The molecule has 0 bridgehead atoms. The molecule has 0 saturated heterocycles. The highest BCUT2D eigenvalue weighted by Crippen LogP contribution is 2.09. The average molecular weight is 240 g/mol. The highest BCUT2D eigenvalue weighted by atomic mass is 16.5. The van der Waals surface area contributed by atoms with Crippen molar-refractivity contribution in [3.05, 3.63) is 12.2 Å². The molecule has 0 aliphatic rings. The van der Waals surface area contributed by atoms with Gasteiger partial charge in [0.15, 0.2) is 0 Å². The maximum absolute atomic E-state index is 11.0. The zero-order chi connectivity index (χ0) is 12.8. The first kappa shape index (κ1) is 16.2. The minimum atomic E-state index is -0.216. The SMILES string of the molecule is CCCCCCCCCC/C=C/C(=O)OCC. The monoisotopic (exact) mass is 240 g/mol. The van der Waals surface area contributed by atoms with Crippen molar-refractivity contribution in [3.8, 4) is 0 Å². The molecule has 0 aliphatic heterocycles. The summed E-state index contributed by atoms with van der Waals surface area (Å²) in [6.07, 6.45) is 15.1. The van der Waals surface area contributed by atoms with E-state index in [-0.39, 0.29) is 5.97 Å². The maximum Gasteiger partial charge on any atom is 0.330 e. The first-order chi connectivity index (χ1) is 8.31. The van der Waals surface area contributed by atoms with E-state index in [4.69, 9.17) is 4.74 Å². The molecule has 2 heteroatoms. The number of carbonyl (C=O) groups is 1. The molecule has 0 unspecified atom stereocenters. The van der Waals surface area contributed by atoms with E-state index in [1.54, 1.807) is 6.08 Å². The van der Waals surface area contributed by atoms with Crippen molar-refractivity contribution < 1.29 is 9.53 Å². The first-order valence-electron chi connectivity index (χ1n) is 7.14. The topological polar surface area (TPSA) is 26.3 Å². The van der Waals surface area contributed by atoms with E-state index in [1.807, 2.05) is 13.0 Å². The van der Waals surface area contributed by atoms with E-state index in [0.29, 0.717) is 6.61 Å². The van der Waals surface area contributed by atoms with Gasteiger partial charge in [-0.2, -0.15) is 0 Å². The lowest BCUT2D eigenvalue weighted by atomic mass is 10.1. The summed E-state index contributed by atoms with van der Waals surface area (Å²) in [5, 5.41) is 0. The van der Waals surface area contributed by atoms with Gasteiger partial charge in [-0.1, -0.05) is 57.9 Å². The van der Waals surface area contributed by atoms with Crippen LogP contribution in [0.4, 0.5) is 0 Å². The Bertz CT molecular complexity index is 197. The summed E-state index contributed by atoms with van der Waals surface area (Å²) in [5.41, 5.74) is 0. The van der Waals surface area contributed by atoms with Crippen molar-refractivity contribution in [2.24, 2.45) is 0 Å². The smallest absolute Gasteiger partial charge is 0.330 e. The number of rotatable bonds is 11. The first-order valence-corrected chi connectivity index (χ1v) is 7.14. The second kappa shape index (κ2) is 13.3. The number of esters is 1. The molecule has 0 fully saturated rings. The van der Waals surface area contributed by atoms with Crippen LogP contribution in [-0.4, -0.2) is 12.6 Å². The van der Waals surface area contributed by atoms with Gasteiger partial charge in [0.05, 0.1) is 6.61 Å². The fraction of sp³-hybridized carbons (Fsp3) is 0.800. The van der Waals surface area contributed by atoms with Gasteiger partial charge in [0.2, 0.25) is 0 Å². The van der Waals surface area contributed by atoms with Crippen LogP contribution >= 0.6 is 0 Å². The summed E-state index contributed by atoms with van der Waals surface area (Å²) in [6.45, 7) is 4.53. The number of allylic oxidation sites excluding steroid dienone is 1. The van der Waals surface area contributed by atoms with Gasteiger partial charge < -0.3 is 4.74 Å². The predicted octanol–water partition coefficient (Wildman–Crippen LogP) is 4.64. The van der Waals surface area contributed by atoms with Crippen LogP contribution in [0.15, 0.2) is 12.2 Å². The van der Waals surface area contributed by atoms with Crippen LogP contribution in [-0.2, 0) is 9.53 Å². The fourth-order valence-electron chi connectivity index (χ4n) is 1.77. The summed E-state index contributed by atoms with van der Waals surface area (Å²) < 4.78 is 4.80. The maximum atomic E-state index is 11.0. The second-order valence-corrected chi connectivity index (χ2v) is 4.42. The number of carbonyl (C=O) groups excluding carboxylic acids is 1. The Morgan fingerprint density at radius 1 is 0.941 bits per heavy atom. The van der Waals surface area contributed by atoms with E-state index in [9.17, 15) is 4.79 Å². The fourth-order valence-corrected chi connectivity index (χ4v) is 1.77. The van der Waals surface area contributed by atoms with Crippen LogP contribution in [0.1, 0.15) is 71.6 Å². The average Bonchev–Trinajstić information content (AvgIpc) is 2.32. The summed E-state index contributed by atoms with van der Waals surface area (Å²) in [6, 6.07) is 0. The number of hydrogen-bond donors (Lipinski definition) is 0. The third-order valence-corrected chi connectivity index (χ3v) is 2.76. The van der Waals surface area contributed by atoms with Crippen LogP contribution in [0.3, 0.4) is 0 Å². The normalized spacial score (nSPS) is 10.9. The lowest BCUT2D eigenvalue weighted by Gasteiger charge is -1.99. The van der Waals surface area contributed by atoms with E-state index in [2.05, 4.69) is 6.92 Å². The molecule has 0 amide bonds. The number of ether oxygens (including phenoxy) is 1. The van der Waals surface area contributed by atoms with Crippen molar-refractivity contribution in [3.63, 3.8) is 0 Å². The molecule has 0 aliphatic carbocycles. The van der Waals surface area contributed by atoms with Gasteiger partial charge in [0, 0.05) is 6.08 Å². The van der Waals surface area contributed by atoms with Crippen LogP contribution < -0.4 is 0 Å². The molecule has 0 heterocycles. The lowest BCUT2D eigenvalue weighted by Crippen LogP contribution is -1.98. The second-order valence-electron chi connectivity index (χ2n) is 4.42. The molecule has 17 heavy (non-hydrogen) atoms. The van der Waals surface area contributed by atoms with Crippen molar-refractivity contribution in [1.29, 1.82) is 0 Å². The van der Waals surface area contributed by atoms with E-state index in [0.717, 1.165) is 6.42 Å². The van der Waals surface area contributed by atoms with Crippen molar-refractivity contribution in [2.75, 3.05) is 6.61 Å². The predicted molar refractivity (Wildman–Crippen MR) is 73.0 cm³/mol. The Morgan fingerprint density at radius 3 is 2.12 bits per heavy atom. The van der Waals surface area contributed by atoms with Crippen LogP contribution in [0.5, 0.6) is 0 Å². The van der Waals surface area contributed by atoms with Gasteiger partial charge in [0.1, 0.15) is 0 Å². The molecule has 0 atom stereocenters. The van der Waals surface area contributed by atoms with Crippen LogP contribution in [0, 0.1) is 0 Å². The van der Waals surface area contributed by atoms with Crippen molar-refractivity contribution >= 4 is 5.97 Å². The molecule has 0 aromatic heterocycles. The molecule has 2 nitrogen and oxygen atoms in total. The molecule has 0 aromatic rings. The minimum Gasteiger partial charge on any atom is -0.463 e. The Hall–Kier alpha value is -0.790. The third kappa shape index (κ3) is 13.1. The summed E-state index contributed by atoms with van der Waals surface area (Å²) in [5.74, 6) is -0.216. The Morgan fingerprint density at radius 2 is 1.53 bits per heavy atom. The zero-order valence-electron chi connectivity index (χ0n) is 11.5. The summed E-state index contributed by atoms with van der Waals surface area (Å²) in [4.78, 5) is 11.0. The molecular weight excluding hydrogens is 212 g/mol. The molecule has 100 valence electrons. The number of hydrogen-bond acceptors (Lipinski definition) is 2. The molecule has 0 N–H and O–H groups in total. The van der Waals surface area contributed by atoms with Gasteiger partial charge in [-0.3, -0.25) is 0 Å². The zero-order valence-corrected chi connectivity index (χ0v) is 11.5. The van der Waals surface area contributed by atoms with Gasteiger partial charge in [-0.15, -0.1) is 0 Å².